The molecule has 0 fully saturated rings. The molecule has 1 aromatic carbocycles. The molecule has 6 heteroatoms. The van der Waals surface area contributed by atoms with Crippen LogP contribution in [0.25, 0.3) is 0 Å². The molecule has 0 saturated carbocycles. The van der Waals surface area contributed by atoms with Gasteiger partial charge in [0.25, 0.3) is 5.91 Å². The van der Waals surface area contributed by atoms with Gasteiger partial charge in [-0.15, -0.1) is 0 Å². The molecular formula is C11H14BrNO4. The van der Waals surface area contributed by atoms with Crippen LogP contribution in [0.4, 0.5) is 0 Å². The van der Waals surface area contributed by atoms with Crippen LogP contribution in [-0.4, -0.2) is 41.2 Å². The van der Waals surface area contributed by atoms with Crippen LogP contribution in [0.2, 0.25) is 0 Å². The third-order valence-electron chi connectivity index (χ3n) is 2.00. The van der Waals surface area contributed by atoms with E-state index in [-0.39, 0.29) is 17.1 Å². The number of carbonyl (C=O) groups excluding carboxylic acids is 1. The molecular weight excluding hydrogens is 290 g/mol. The lowest BCUT2D eigenvalue weighted by Crippen LogP contribution is -2.27. The van der Waals surface area contributed by atoms with Crippen LogP contribution in [-0.2, 0) is 4.74 Å². The topological polar surface area (TPSA) is 78.8 Å². The zero-order valence-corrected chi connectivity index (χ0v) is 10.7. The fraction of sp³-hybridized carbons (Fsp3) is 0.364. The number of rotatable bonds is 6. The second-order valence-corrected chi connectivity index (χ2v) is 4.02. The summed E-state index contributed by atoms with van der Waals surface area (Å²) in [7, 11) is 0. The third kappa shape index (κ3) is 4.24. The Balaban J connectivity index is 2.47. The highest BCUT2D eigenvalue weighted by Crippen LogP contribution is 2.25. The van der Waals surface area contributed by atoms with Crippen LogP contribution < -0.4 is 5.32 Å². The lowest BCUT2D eigenvalue weighted by molar-refractivity contribution is 0.0918. The highest BCUT2D eigenvalue weighted by molar-refractivity contribution is 9.09. The van der Waals surface area contributed by atoms with Crippen molar-refractivity contribution in [3.8, 4) is 11.5 Å². The molecule has 0 aromatic heterocycles. The van der Waals surface area contributed by atoms with Gasteiger partial charge in [0.2, 0.25) is 0 Å². The van der Waals surface area contributed by atoms with Gasteiger partial charge in [-0.05, 0) is 12.1 Å². The number of halogens is 1. The van der Waals surface area contributed by atoms with Gasteiger partial charge >= 0.3 is 0 Å². The summed E-state index contributed by atoms with van der Waals surface area (Å²) in [6.45, 7) is 1.27. The van der Waals surface area contributed by atoms with Gasteiger partial charge in [0.1, 0.15) is 17.1 Å². The molecule has 0 spiro atoms. The first-order valence-corrected chi connectivity index (χ1v) is 6.21. The van der Waals surface area contributed by atoms with E-state index in [0.29, 0.717) is 19.8 Å². The summed E-state index contributed by atoms with van der Waals surface area (Å²) in [5, 5.41) is 22.2. The largest absolute Gasteiger partial charge is 0.507 e. The summed E-state index contributed by atoms with van der Waals surface area (Å²) in [5.74, 6) is -1.02. The number of nitrogens with one attached hydrogen (secondary N) is 1. The smallest absolute Gasteiger partial charge is 0.258 e. The maximum atomic E-state index is 11.6. The molecule has 3 N–H and O–H groups in total. The standard InChI is InChI=1S/C11H14BrNO4/c12-4-6-17-7-5-13-11(16)10-8(14)2-1-3-9(10)15/h1-3,14-15H,4-7H2,(H,13,16). The molecule has 0 aliphatic carbocycles. The van der Waals surface area contributed by atoms with Crippen LogP contribution in [0.15, 0.2) is 18.2 Å². The van der Waals surface area contributed by atoms with Crippen molar-refractivity contribution in [2.75, 3.05) is 25.1 Å². The Morgan fingerprint density at radius 2 is 1.94 bits per heavy atom. The molecule has 0 bridgehead atoms. The summed E-state index contributed by atoms with van der Waals surface area (Å²) >= 11 is 3.21. The Morgan fingerprint density at radius 3 is 2.53 bits per heavy atom. The van der Waals surface area contributed by atoms with Crippen LogP contribution in [0.1, 0.15) is 10.4 Å². The number of ether oxygens (including phenoxy) is 1. The maximum absolute atomic E-state index is 11.6. The van der Waals surface area contributed by atoms with Gasteiger partial charge in [0.05, 0.1) is 13.2 Å². The summed E-state index contributed by atoms with van der Waals surface area (Å²) in [4.78, 5) is 11.6. The number of hydrogen-bond acceptors (Lipinski definition) is 4. The van der Waals surface area contributed by atoms with E-state index in [0.717, 1.165) is 5.33 Å². The Labute approximate surface area is 108 Å². The van der Waals surface area contributed by atoms with E-state index in [9.17, 15) is 15.0 Å². The highest BCUT2D eigenvalue weighted by atomic mass is 79.9. The number of hydrogen-bond donors (Lipinski definition) is 3. The Morgan fingerprint density at radius 1 is 1.29 bits per heavy atom. The molecule has 1 rings (SSSR count). The van der Waals surface area contributed by atoms with Crippen molar-refractivity contribution in [1.29, 1.82) is 0 Å². The van der Waals surface area contributed by atoms with Crippen molar-refractivity contribution in [1.82, 2.24) is 5.32 Å². The van der Waals surface area contributed by atoms with Crippen molar-refractivity contribution in [2.45, 2.75) is 0 Å². The molecule has 1 aromatic rings. The normalized spacial score (nSPS) is 10.2. The molecule has 0 heterocycles. The molecule has 1 amide bonds. The minimum absolute atomic E-state index is 0.118. The van der Waals surface area contributed by atoms with Gasteiger partial charge in [-0.1, -0.05) is 22.0 Å². The zero-order chi connectivity index (χ0) is 12.7. The average Bonchev–Trinajstić information content (AvgIpc) is 2.28. The fourth-order valence-corrected chi connectivity index (χ4v) is 1.47. The van der Waals surface area contributed by atoms with E-state index < -0.39 is 5.91 Å². The average molecular weight is 304 g/mol. The van der Waals surface area contributed by atoms with Crippen molar-refractivity contribution in [2.24, 2.45) is 0 Å². The second kappa shape index (κ2) is 7.13. The Kier molecular flexibility index (Phi) is 5.79. The Hall–Kier alpha value is -1.27. The lowest BCUT2D eigenvalue weighted by atomic mass is 10.1. The number of aromatic hydroxyl groups is 2. The molecule has 0 atom stereocenters. The number of alkyl halides is 1. The van der Waals surface area contributed by atoms with Crippen LogP contribution in [0.5, 0.6) is 11.5 Å². The minimum Gasteiger partial charge on any atom is -0.507 e. The molecule has 17 heavy (non-hydrogen) atoms. The highest BCUT2D eigenvalue weighted by Gasteiger charge is 2.14. The van der Waals surface area contributed by atoms with Crippen LogP contribution >= 0.6 is 15.9 Å². The third-order valence-corrected chi connectivity index (χ3v) is 2.32. The minimum atomic E-state index is -0.525. The van der Waals surface area contributed by atoms with E-state index in [4.69, 9.17) is 4.74 Å². The maximum Gasteiger partial charge on any atom is 0.258 e. The van der Waals surface area contributed by atoms with Crippen molar-refractivity contribution < 1.29 is 19.7 Å². The number of amides is 1. The summed E-state index contributed by atoms with van der Waals surface area (Å²) < 4.78 is 5.14. The number of phenolic OH excluding ortho intramolecular Hbond substituents is 2. The van der Waals surface area contributed by atoms with Gasteiger partial charge in [-0.3, -0.25) is 4.79 Å². The zero-order valence-electron chi connectivity index (χ0n) is 9.15. The van der Waals surface area contributed by atoms with Crippen molar-refractivity contribution in [3.63, 3.8) is 0 Å². The second-order valence-electron chi connectivity index (χ2n) is 3.23. The van der Waals surface area contributed by atoms with Crippen molar-refractivity contribution >= 4 is 21.8 Å². The van der Waals surface area contributed by atoms with Crippen LogP contribution in [0.3, 0.4) is 0 Å². The first-order chi connectivity index (χ1) is 8.16. The molecule has 5 nitrogen and oxygen atoms in total. The molecule has 0 saturated heterocycles. The van der Waals surface area contributed by atoms with Gasteiger partial charge in [-0.25, -0.2) is 0 Å². The monoisotopic (exact) mass is 303 g/mol. The molecule has 0 radical (unpaired) electrons. The molecule has 0 aliphatic rings. The number of benzene rings is 1. The fourth-order valence-electron chi connectivity index (χ4n) is 1.24. The number of phenols is 2. The SMILES string of the molecule is O=C(NCCOCCBr)c1c(O)cccc1O. The van der Waals surface area contributed by atoms with E-state index in [1.165, 1.54) is 18.2 Å². The lowest BCUT2D eigenvalue weighted by Gasteiger charge is -2.08. The van der Waals surface area contributed by atoms with Crippen LogP contribution in [0, 0.1) is 0 Å². The summed E-state index contributed by atoms with van der Waals surface area (Å²) in [5.41, 5.74) is -0.118. The van der Waals surface area contributed by atoms with Gasteiger partial charge in [0.15, 0.2) is 0 Å². The predicted molar refractivity (Wildman–Crippen MR) is 66.7 cm³/mol. The van der Waals surface area contributed by atoms with Gasteiger partial charge in [-0.2, -0.15) is 0 Å². The first kappa shape index (κ1) is 13.8. The van der Waals surface area contributed by atoms with Crippen molar-refractivity contribution in [3.05, 3.63) is 23.8 Å². The Bertz CT molecular complexity index is 363. The predicted octanol–water partition coefficient (Wildman–Crippen LogP) is 1.24. The van der Waals surface area contributed by atoms with Gasteiger partial charge < -0.3 is 20.3 Å². The van der Waals surface area contributed by atoms with E-state index in [2.05, 4.69) is 21.2 Å². The van der Waals surface area contributed by atoms with E-state index in [1.54, 1.807) is 0 Å². The molecule has 0 unspecified atom stereocenters. The first-order valence-electron chi connectivity index (χ1n) is 5.09. The van der Waals surface area contributed by atoms with E-state index >= 15 is 0 Å². The molecule has 0 aliphatic heterocycles. The summed E-state index contributed by atoms with van der Waals surface area (Å²) in [6.07, 6.45) is 0. The number of carbonyl (C=O) groups is 1. The molecule has 94 valence electrons. The van der Waals surface area contributed by atoms with E-state index in [1.807, 2.05) is 0 Å². The van der Waals surface area contributed by atoms with Gasteiger partial charge in [0, 0.05) is 11.9 Å². The quantitative estimate of drug-likeness (QED) is 0.546. The summed E-state index contributed by atoms with van der Waals surface area (Å²) in [6, 6.07) is 4.15.